The average Bonchev–Trinajstić information content (AvgIpc) is 2.15. The highest BCUT2D eigenvalue weighted by Gasteiger charge is 2.21. The molecule has 1 rings (SSSR count). The highest BCUT2D eigenvalue weighted by Crippen LogP contribution is 2.15. The Morgan fingerprint density at radius 3 is 2.19 bits per heavy atom. The number of hydrogen-bond donors (Lipinski definition) is 0. The van der Waals surface area contributed by atoms with Crippen molar-refractivity contribution in [3.63, 3.8) is 0 Å². The average molecular weight is 250 g/mol. The van der Waals surface area contributed by atoms with Crippen LogP contribution in [0.1, 0.15) is 0 Å². The summed E-state index contributed by atoms with van der Waals surface area (Å²) in [6, 6.07) is 1.82. The van der Waals surface area contributed by atoms with E-state index < -0.39 is 38.1 Å². The van der Waals surface area contributed by atoms with Crippen LogP contribution in [0.5, 0.6) is 0 Å². The highest BCUT2D eigenvalue weighted by atomic mass is 32.2. The van der Waals surface area contributed by atoms with Crippen LogP contribution < -0.4 is 0 Å². The second kappa shape index (κ2) is 4.56. The van der Waals surface area contributed by atoms with Crippen LogP contribution in [0, 0.1) is 11.6 Å². The summed E-state index contributed by atoms with van der Waals surface area (Å²) >= 11 is 0. The first-order valence-corrected chi connectivity index (χ1v) is 5.76. The molecule has 0 unspecified atom stereocenters. The zero-order valence-electron chi connectivity index (χ0n) is 8.24. The van der Waals surface area contributed by atoms with Crippen LogP contribution in [0.3, 0.4) is 0 Å². The Balaban J connectivity index is 3.12. The molecule has 0 fully saturated rings. The molecule has 0 saturated carbocycles. The van der Waals surface area contributed by atoms with Crippen molar-refractivity contribution in [1.29, 1.82) is 0 Å². The van der Waals surface area contributed by atoms with Gasteiger partial charge in [0, 0.05) is 6.07 Å². The molecule has 88 valence electrons. The fraction of sp³-hybridized carbons (Fsp3) is 0.222. The summed E-state index contributed by atoms with van der Waals surface area (Å²) in [6.45, 7) is 0. The number of hydrogen-bond acceptors (Lipinski definition) is 4. The molecular formula is C9H8F2O4S. The molecule has 0 aliphatic rings. The van der Waals surface area contributed by atoms with Crippen molar-refractivity contribution in [3.8, 4) is 0 Å². The van der Waals surface area contributed by atoms with Gasteiger partial charge in [0.2, 0.25) is 0 Å². The molecule has 0 aliphatic heterocycles. The van der Waals surface area contributed by atoms with E-state index in [2.05, 4.69) is 4.74 Å². The largest absolute Gasteiger partial charge is 0.468 e. The van der Waals surface area contributed by atoms with Gasteiger partial charge in [-0.1, -0.05) is 0 Å². The van der Waals surface area contributed by atoms with Crippen molar-refractivity contribution in [2.75, 3.05) is 12.9 Å². The lowest BCUT2D eigenvalue weighted by atomic mass is 10.3. The van der Waals surface area contributed by atoms with E-state index in [0.717, 1.165) is 7.11 Å². The fourth-order valence-corrected chi connectivity index (χ4v) is 2.18. The Morgan fingerprint density at radius 1 is 1.25 bits per heavy atom. The van der Waals surface area contributed by atoms with E-state index in [1.807, 2.05) is 0 Å². The molecule has 1 aromatic carbocycles. The summed E-state index contributed by atoms with van der Waals surface area (Å²) < 4.78 is 52.6. The number of rotatable bonds is 3. The lowest BCUT2D eigenvalue weighted by Gasteiger charge is -2.03. The van der Waals surface area contributed by atoms with E-state index in [1.165, 1.54) is 0 Å². The number of carbonyl (C=O) groups excluding carboxylic acids is 1. The lowest BCUT2D eigenvalue weighted by Crippen LogP contribution is -2.17. The molecule has 16 heavy (non-hydrogen) atoms. The molecule has 0 bridgehead atoms. The Labute approximate surface area is 90.8 Å². The first kappa shape index (κ1) is 12.6. The van der Waals surface area contributed by atoms with Crippen molar-refractivity contribution in [1.82, 2.24) is 0 Å². The summed E-state index contributed by atoms with van der Waals surface area (Å²) in [7, 11) is -3.05. The molecule has 4 nitrogen and oxygen atoms in total. The van der Waals surface area contributed by atoms with Crippen LogP contribution in [-0.2, 0) is 19.4 Å². The Kier molecular flexibility index (Phi) is 3.58. The minimum atomic E-state index is -4.07. The minimum Gasteiger partial charge on any atom is -0.468 e. The monoisotopic (exact) mass is 250 g/mol. The van der Waals surface area contributed by atoms with Gasteiger partial charge < -0.3 is 4.74 Å². The first-order valence-electron chi connectivity index (χ1n) is 4.11. The number of methoxy groups -OCH3 is 1. The van der Waals surface area contributed by atoms with Crippen LogP contribution >= 0.6 is 0 Å². The van der Waals surface area contributed by atoms with Crippen molar-refractivity contribution >= 4 is 15.8 Å². The number of ether oxygens (including phenoxy) is 1. The molecule has 0 amide bonds. The van der Waals surface area contributed by atoms with Crippen LogP contribution in [0.25, 0.3) is 0 Å². The van der Waals surface area contributed by atoms with Crippen LogP contribution in [0.15, 0.2) is 23.1 Å². The third-order valence-electron chi connectivity index (χ3n) is 1.73. The van der Waals surface area contributed by atoms with Gasteiger partial charge in [0.15, 0.2) is 15.6 Å². The van der Waals surface area contributed by atoms with Crippen LogP contribution in [-0.4, -0.2) is 27.2 Å². The molecule has 7 heteroatoms. The third-order valence-corrected chi connectivity index (χ3v) is 3.30. The van der Waals surface area contributed by atoms with Crippen LogP contribution in [0.4, 0.5) is 8.78 Å². The predicted molar refractivity (Wildman–Crippen MR) is 50.4 cm³/mol. The maximum atomic E-state index is 12.8. The zero-order valence-corrected chi connectivity index (χ0v) is 9.05. The minimum absolute atomic E-state index is 0.539. The second-order valence-corrected chi connectivity index (χ2v) is 4.93. The number of halogens is 2. The maximum Gasteiger partial charge on any atom is 0.321 e. The molecule has 0 saturated heterocycles. The van der Waals surface area contributed by atoms with Crippen molar-refractivity contribution in [2.24, 2.45) is 0 Å². The van der Waals surface area contributed by atoms with Gasteiger partial charge in [-0.05, 0) is 12.1 Å². The van der Waals surface area contributed by atoms with Crippen molar-refractivity contribution in [2.45, 2.75) is 4.90 Å². The molecule has 0 atom stereocenters. The molecule has 0 N–H and O–H groups in total. The van der Waals surface area contributed by atoms with Crippen LogP contribution in [0.2, 0.25) is 0 Å². The fourth-order valence-electron chi connectivity index (χ4n) is 1.01. The van der Waals surface area contributed by atoms with Crippen molar-refractivity contribution in [3.05, 3.63) is 29.8 Å². The standard InChI is InChI=1S/C9H8F2O4S/c1-15-9(12)5-16(13,14)8-3-6(10)2-7(11)4-8/h2-4H,5H2,1H3. The first-order chi connectivity index (χ1) is 7.35. The normalized spacial score (nSPS) is 11.2. The third kappa shape index (κ3) is 2.99. The quantitative estimate of drug-likeness (QED) is 0.748. The number of sulfone groups is 1. The molecule has 0 aliphatic carbocycles. The Bertz CT molecular complexity index is 490. The van der Waals surface area contributed by atoms with Gasteiger partial charge in [-0.25, -0.2) is 17.2 Å². The molecule has 0 heterocycles. The second-order valence-electron chi connectivity index (χ2n) is 2.94. The lowest BCUT2D eigenvalue weighted by molar-refractivity contribution is -0.137. The smallest absolute Gasteiger partial charge is 0.321 e. The summed E-state index contributed by atoms with van der Waals surface area (Å²) in [5, 5.41) is 0. The van der Waals surface area contributed by atoms with Gasteiger partial charge >= 0.3 is 5.97 Å². The number of carbonyl (C=O) groups is 1. The molecule has 0 radical (unpaired) electrons. The summed E-state index contributed by atoms with van der Waals surface area (Å²) in [5.41, 5.74) is 0. The maximum absolute atomic E-state index is 12.8. The summed E-state index contributed by atoms with van der Waals surface area (Å²) in [5.74, 6) is -4.00. The number of benzene rings is 1. The van der Waals surface area contributed by atoms with E-state index in [4.69, 9.17) is 0 Å². The Hall–Kier alpha value is -1.50. The number of esters is 1. The highest BCUT2D eigenvalue weighted by molar-refractivity contribution is 7.92. The van der Waals surface area contributed by atoms with Gasteiger partial charge in [-0.15, -0.1) is 0 Å². The molecule has 0 aromatic heterocycles. The van der Waals surface area contributed by atoms with Gasteiger partial charge in [-0.2, -0.15) is 0 Å². The topological polar surface area (TPSA) is 60.4 Å². The van der Waals surface area contributed by atoms with Gasteiger partial charge in [0.25, 0.3) is 0 Å². The Morgan fingerprint density at radius 2 is 1.75 bits per heavy atom. The zero-order chi connectivity index (χ0) is 12.3. The van der Waals surface area contributed by atoms with Gasteiger partial charge in [0.05, 0.1) is 12.0 Å². The summed E-state index contributed by atoms with van der Waals surface area (Å²) in [6.07, 6.45) is 0. The molecular weight excluding hydrogens is 242 g/mol. The van der Waals surface area contributed by atoms with E-state index in [9.17, 15) is 22.0 Å². The van der Waals surface area contributed by atoms with E-state index in [1.54, 1.807) is 0 Å². The SMILES string of the molecule is COC(=O)CS(=O)(=O)c1cc(F)cc(F)c1. The van der Waals surface area contributed by atoms with Gasteiger partial charge in [-0.3, -0.25) is 4.79 Å². The van der Waals surface area contributed by atoms with Gasteiger partial charge in [0.1, 0.15) is 11.6 Å². The van der Waals surface area contributed by atoms with E-state index >= 15 is 0 Å². The van der Waals surface area contributed by atoms with E-state index in [0.29, 0.717) is 18.2 Å². The molecule has 1 aromatic rings. The summed E-state index contributed by atoms with van der Waals surface area (Å²) in [4.78, 5) is 10.2. The molecule has 0 spiro atoms. The van der Waals surface area contributed by atoms with Crippen molar-refractivity contribution < 1.29 is 26.7 Å². The predicted octanol–water partition coefficient (Wildman–Crippen LogP) is 0.912. The van der Waals surface area contributed by atoms with E-state index in [-0.39, 0.29) is 0 Å².